The van der Waals surface area contributed by atoms with Crippen molar-refractivity contribution in [2.45, 2.75) is 25.4 Å². The second-order valence-electron chi connectivity index (χ2n) is 5.45. The molecule has 0 spiro atoms. The summed E-state index contributed by atoms with van der Waals surface area (Å²) in [7, 11) is 0. The first-order valence-corrected chi connectivity index (χ1v) is 7.06. The van der Waals surface area contributed by atoms with Gasteiger partial charge in [0.2, 0.25) is 0 Å². The molecule has 0 radical (unpaired) electrons. The molecule has 2 nitrogen and oxygen atoms in total. The summed E-state index contributed by atoms with van der Waals surface area (Å²) < 4.78 is 0. The maximum atomic E-state index is 4.27. The van der Waals surface area contributed by atoms with E-state index in [4.69, 9.17) is 0 Å². The van der Waals surface area contributed by atoms with Crippen LogP contribution in [-0.2, 0) is 0 Å². The minimum absolute atomic E-state index is 0.680. The predicted octanol–water partition coefficient (Wildman–Crippen LogP) is 2.83. The zero-order valence-electron chi connectivity index (χ0n) is 11.0. The van der Waals surface area contributed by atoms with Crippen LogP contribution in [0.5, 0.6) is 0 Å². The van der Waals surface area contributed by atoms with E-state index in [0.717, 1.165) is 6.54 Å². The standard InChI is InChI=1S/C16H22N2/c1-14(15-7-3-2-4-8-15)13-18-12-6-11-17-10-5-9-16(17)18/h2-4,7-8,16H,1,5-6,9-13H2. The fourth-order valence-corrected chi connectivity index (χ4v) is 3.30. The monoisotopic (exact) mass is 242 g/mol. The highest BCUT2D eigenvalue weighted by molar-refractivity contribution is 5.64. The van der Waals surface area contributed by atoms with E-state index in [1.807, 2.05) is 0 Å². The van der Waals surface area contributed by atoms with Crippen LogP contribution in [0.1, 0.15) is 24.8 Å². The van der Waals surface area contributed by atoms with Crippen LogP contribution >= 0.6 is 0 Å². The molecule has 1 unspecified atom stereocenters. The maximum Gasteiger partial charge on any atom is 0.0625 e. The van der Waals surface area contributed by atoms with E-state index in [0.29, 0.717) is 6.17 Å². The highest BCUT2D eigenvalue weighted by atomic mass is 15.4. The van der Waals surface area contributed by atoms with Crippen LogP contribution in [0.15, 0.2) is 36.9 Å². The van der Waals surface area contributed by atoms with Crippen molar-refractivity contribution < 1.29 is 0 Å². The van der Waals surface area contributed by atoms with Gasteiger partial charge in [0.05, 0.1) is 6.17 Å². The Morgan fingerprint density at radius 2 is 1.89 bits per heavy atom. The Hall–Kier alpha value is -1.12. The Morgan fingerprint density at radius 1 is 1.11 bits per heavy atom. The van der Waals surface area contributed by atoms with E-state index < -0.39 is 0 Å². The van der Waals surface area contributed by atoms with Gasteiger partial charge in [0.1, 0.15) is 0 Å². The molecule has 0 bridgehead atoms. The summed E-state index contributed by atoms with van der Waals surface area (Å²) >= 11 is 0. The summed E-state index contributed by atoms with van der Waals surface area (Å²) in [4.78, 5) is 5.26. The van der Waals surface area contributed by atoms with Gasteiger partial charge in [-0.15, -0.1) is 0 Å². The van der Waals surface area contributed by atoms with E-state index in [9.17, 15) is 0 Å². The van der Waals surface area contributed by atoms with Gasteiger partial charge in [0, 0.05) is 19.6 Å². The number of nitrogens with zero attached hydrogens (tertiary/aromatic N) is 2. The maximum absolute atomic E-state index is 4.27. The van der Waals surface area contributed by atoms with Gasteiger partial charge < -0.3 is 0 Å². The molecule has 2 heteroatoms. The van der Waals surface area contributed by atoms with Gasteiger partial charge >= 0.3 is 0 Å². The molecule has 0 aliphatic carbocycles. The smallest absolute Gasteiger partial charge is 0.0625 e. The largest absolute Gasteiger partial charge is 0.288 e. The van der Waals surface area contributed by atoms with Crippen LogP contribution in [0.25, 0.3) is 5.57 Å². The molecule has 0 aromatic heterocycles. The van der Waals surface area contributed by atoms with Gasteiger partial charge in [-0.25, -0.2) is 0 Å². The SMILES string of the molecule is C=C(CN1CCCN2CCCC21)c1ccccc1. The second kappa shape index (κ2) is 5.25. The fraction of sp³-hybridized carbons (Fsp3) is 0.500. The lowest BCUT2D eigenvalue weighted by Gasteiger charge is -2.40. The molecule has 2 heterocycles. The summed E-state index contributed by atoms with van der Waals surface area (Å²) in [5, 5.41) is 0. The summed E-state index contributed by atoms with van der Waals surface area (Å²) in [6, 6.07) is 10.6. The minimum atomic E-state index is 0.680. The molecule has 1 atom stereocenters. The highest BCUT2D eigenvalue weighted by Gasteiger charge is 2.32. The van der Waals surface area contributed by atoms with E-state index in [1.54, 1.807) is 0 Å². The number of benzene rings is 1. The number of hydrogen-bond acceptors (Lipinski definition) is 2. The fourth-order valence-electron chi connectivity index (χ4n) is 3.30. The first kappa shape index (κ1) is 11.9. The van der Waals surface area contributed by atoms with Crippen molar-refractivity contribution in [3.63, 3.8) is 0 Å². The summed E-state index contributed by atoms with van der Waals surface area (Å²) in [6.07, 6.45) is 4.68. The average molecular weight is 242 g/mol. The first-order valence-electron chi connectivity index (χ1n) is 7.06. The van der Waals surface area contributed by atoms with E-state index >= 15 is 0 Å². The molecule has 0 saturated carbocycles. The number of rotatable bonds is 3. The third-order valence-electron chi connectivity index (χ3n) is 4.22. The quantitative estimate of drug-likeness (QED) is 0.804. The van der Waals surface area contributed by atoms with Crippen LogP contribution in [0.4, 0.5) is 0 Å². The molecule has 2 saturated heterocycles. The third kappa shape index (κ3) is 2.36. The molecule has 0 N–H and O–H groups in total. The molecular formula is C16H22N2. The topological polar surface area (TPSA) is 6.48 Å². The van der Waals surface area contributed by atoms with Crippen molar-refractivity contribution in [3.8, 4) is 0 Å². The van der Waals surface area contributed by atoms with Crippen molar-refractivity contribution >= 4 is 5.57 Å². The van der Waals surface area contributed by atoms with Gasteiger partial charge in [-0.3, -0.25) is 9.80 Å². The molecule has 0 amide bonds. The van der Waals surface area contributed by atoms with Crippen molar-refractivity contribution in [1.82, 2.24) is 9.80 Å². The zero-order chi connectivity index (χ0) is 12.4. The van der Waals surface area contributed by atoms with Crippen LogP contribution in [0.3, 0.4) is 0 Å². The summed E-state index contributed by atoms with van der Waals surface area (Å²) in [6.45, 7) is 9.10. The lowest BCUT2D eigenvalue weighted by Crippen LogP contribution is -2.50. The lowest BCUT2D eigenvalue weighted by atomic mass is 10.1. The van der Waals surface area contributed by atoms with E-state index in [-0.39, 0.29) is 0 Å². The average Bonchev–Trinajstić information content (AvgIpc) is 2.89. The van der Waals surface area contributed by atoms with Crippen molar-refractivity contribution in [1.29, 1.82) is 0 Å². The normalized spacial score (nSPS) is 25.0. The summed E-state index contributed by atoms with van der Waals surface area (Å²) in [5.74, 6) is 0. The van der Waals surface area contributed by atoms with Crippen LogP contribution < -0.4 is 0 Å². The van der Waals surface area contributed by atoms with Crippen molar-refractivity contribution in [3.05, 3.63) is 42.5 Å². The molecule has 1 aromatic rings. The Labute approximate surface area is 110 Å². The van der Waals surface area contributed by atoms with Crippen molar-refractivity contribution in [2.75, 3.05) is 26.2 Å². The lowest BCUT2D eigenvalue weighted by molar-refractivity contribution is 0.0457. The Kier molecular flexibility index (Phi) is 3.48. The van der Waals surface area contributed by atoms with Crippen molar-refractivity contribution in [2.24, 2.45) is 0 Å². The van der Waals surface area contributed by atoms with E-state index in [2.05, 4.69) is 46.7 Å². The molecule has 1 aromatic carbocycles. The molecule has 2 fully saturated rings. The second-order valence-corrected chi connectivity index (χ2v) is 5.45. The van der Waals surface area contributed by atoms with Gasteiger partial charge in [0.25, 0.3) is 0 Å². The molecule has 18 heavy (non-hydrogen) atoms. The Morgan fingerprint density at radius 3 is 2.72 bits per heavy atom. The number of fused-ring (bicyclic) bond motifs is 1. The molecule has 2 aliphatic heterocycles. The van der Waals surface area contributed by atoms with Gasteiger partial charge in [-0.2, -0.15) is 0 Å². The van der Waals surface area contributed by atoms with Crippen LogP contribution in [0, 0.1) is 0 Å². The van der Waals surface area contributed by atoms with Crippen LogP contribution in [-0.4, -0.2) is 42.1 Å². The predicted molar refractivity (Wildman–Crippen MR) is 76.3 cm³/mol. The van der Waals surface area contributed by atoms with Gasteiger partial charge in [-0.1, -0.05) is 36.9 Å². The highest BCUT2D eigenvalue weighted by Crippen LogP contribution is 2.26. The van der Waals surface area contributed by atoms with E-state index in [1.165, 1.54) is 50.0 Å². The van der Waals surface area contributed by atoms with Gasteiger partial charge in [0.15, 0.2) is 0 Å². The molecular weight excluding hydrogens is 220 g/mol. The van der Waals surface area contributed by atoms with Gasteiger partial charge in [-0.05, 0) is 36.9 Å². The molecule has 2 aliphatic rings. The Balaban J connectivity index is 1.67. The van der Waals surface area contributed by atoms with Crippen LogP contribution in [0.2, 0.25) is 0 Å². The minimum Gasteiger partial charge on any atom is -0.288 e. The molecule has 96 valence electrons. The first-order chi connectivity index (χ1) is 8.84. The third-order valence-corrected chi connectivity index (χ3v) is 4.22. The number of hydrogen-bond donors (Lipinski definition) is 0. The molecule has 3 rings (SSSR count). The Bertz CT molecular complexity index is 412. The zero-order valence-corrected chi connectivity index (χ0v) is 11.0. The summed E-state index contributed by atoms with van der Waals surface area (Å²) in [5.41, 5.74) is 2.54.